The molecule has 1 nitrogen and oxygen atoms in total. The first-order valence-corrected chi connectivity index (χ1v) is 4.67. The topological polar surface area (TPSA) is 3.24 Å². The predicted molar refractivity (Wildman–Crippen MR) is 54.4 cm³/mol. The zero-order chi connectivity index (χ0) is 9.14. The summed E-state index contributed by atoms with van der Waals surface area (Å²) < 4.78 is 0. The molecule has 12 heavy (non-hydrogen) atoms. The van der Waals surface area contributed by atoms with Crippen LogP contribution in [0.3, 0.4) is 0 Å². The van der Waals surface area contributed by atoms with E-state index in [1.54, 1.807) is 0 Å². The number of rotatable bonds is 2. The summed E-state index contributed by atoms with van der Waals surface area (Å²) >= 11 is 6.10. The Labute approximate surface area is 79.7 Å². The van der Waals surface area contributed by atoms with E-state index in [4.69, 9.17) is 11.6 Å². The van der Waals surface area contributed by atoms with Gasteiger partial charge in [0.1, 0.15) is 0 Å². The molecule has 0 N–H and O–H groups in total. The summed E-state index contributed by atoms with van der Waals surface area (Å²) in [6, 6.07) is 0. The van der Waals surface area contributed by atoms with Gasteiger partial charge in [0.05, 0.1) is 0 Å². The maximum absolute atomic E-state index is 6.10. The van der Waals surface area contributed by atoms with Crippen LogP contribution in [0.1, 0.15) is 19.8 Å². The monoisotopic (exact) mass is 185 g/mol. The molecule has 1 aliphatic carbocycles. The van der Waals surface area contributed by atoms with Gasteiger partial charge >= 0.3 is 0 Å². The molecular formula is C10H16ClN. The number of allylic oxidation sites excluding steroid dienone is 3. The molecule has 0 heterocycles. The molecule has 2 heteroatoms. The fraction of sp³-hybridized carbons (Fsp3) is 0.600. The third-order valence-corrected chi connectivity index (χ3v) is 2.42. The van der Waals surface area contributed by atoms with Crippen molar-refractivity contribution in [1.29, 1.82) is 0 Å². The highest BCUT2D eigenvalue weighted by Gasteiger charge is 2.09. The smallest absolute Gasteiger partial charge is 0.0410 e. The van der Waals surface area contributed by atoms with Crippen LogP contribution in [-0.2, 0) is 0 Å². The molecule has 1 aliphatic rings. The van der Waals surface area contributed by atoms with Crippen LogP contribution in [0.15, 0.2) is 22.3 Å². The van der Waals surface area contributed by atoms with Crippen molar-refractivity contribution in [3.63, 3.8) is 0 Å². The highest BCUT2D eigenvalue weighted by Crippen LogP contribution is 2.26. The third-order valence-electron chi connectivity index (χ3n) is 2.04. The van der Waals surface area contributed by atoms with Gasteiger partial charge in [-0.25, -0.2) is 0 Å². The molecule has 0 aromatic rings. The Morgan fingerprint density at radius 1 is 1.42 bits per heavy atom. The van der Waals surface area contributed by atoms with Crippen molar-refractivity contribution in [2.75, 3.05) is 20.6 Å². The molecule has 0 aromatic heterocycles. The molecule has 68 valence electrons. The maximum Gasteiger partial charge on any atom is 0.0410 e. The largest absolute Gasteiger partial charge is 0.305 e. The van der Waals surface area contributed by atoms with Crippen molar-refractivity contribution in [2.24, 2.45) is 0 Å². The van der Waals surface area contributed by atoms with Crippen molar-refractivity contribution in [3.05, 3.63) is 22.3 Å². The lowest BCUT2D eigenvalue weighted by Crippen LogP contribution is -2.16. The minimum atomic E-state index is 0.951. The van der Waals surface area contributed by atoms with Crippen LogP contribution >= 0.6 is 11.6 Å². The molecule has 0 aromatic carbocycles. The summed E-state index contributed by atoms with van der Waals surface area (Å²) in [5.74, 6) is 0. The van der Waals surface area contributed by atoms with Gasteiger partial charge in [-0.3, -0.25) is 0 Å². The van der Waals surface area contributed by atoms with Crippen LogP contribution in [0.25, 0.3) is 0 Å². The Morgan fingerprint density at radius 2 is 2.08 bits per heavy atom. The fourth-order valence-corrected chi connectivity index (χ4v) is 1.73. The van der Waals surface area contributed by atoms with Gasteiger partial charge in [-0.2, -0.15) is 0 Å². The Bertz CT molecular complexity index is 226. The molecule has 0 spiro atoms. The van der Waals surface area contributed by atoms with Gasteiger partial charge in [-0.05, 0) is 45.5 Å². The Kier molecular flexibility index (Phi) is 3.36. The van der Waals surface area contributed by atoms with E-state index in [1.807, 2.05) is 0 Å². The van der Waals surface area contributed by atoms with Crippen LogP contribution in [0.5, 0.6) is 0 Å². The van der Waals surface area contributed by atoms with E-state index >= 15 is 0 Å². The molecule has 0 aliphatic heterocycles. The molecule has 0 amide bonds. The van der Waals surface area contributed by atoms with E-state index < -0.39 is 0 Å². The van der Waals surface area contributed by atoms with Gasteiger partial charge in [0.15, 0.2) is 0 Å². The standard InChI is InChI=1S/C10H16ClN/c1-8-4-5-9(7-12(2)3)10(11)6-8/h6H,4-5,7H2,1-3H3. The van der Waals surface area contributed by atoms with Crippen LogP contribution in [-0.4, -0.2) is 25.5 Å². The van der Waals surface area contributed by atoms with Gasteiger partial charge in [-0.1, -0.05) is 17.2 Å². The average molecular weight is 186 g/mol. The van der Waals surface area contributed by atoms with Crippen molar-refractivity contribution in [2.45, 2.75) is 19.8 Å². The van der Waals surface area contributed by atoms with Crippen molar-refractivity contribution >= 4 is 11.6 Å². The van der Waals surface area contributed by atoms with Gasteiger partial charge in [0.2, 0.25) is 0 Å². The normalized spacial score (nSPS) is 18.6. The highest BCUT2D eigenvalue weighted by atomic mass is 35.5. The zero-order valence-corrected chi connectivity index (χ0v) is 8.78. The maximum atomic E-state index is 6.10. The Morgan fingerprint density at radius 3 is 2.58 bits per heavy atom. The number of halogens is 1. The summed E-state index contributed by atoms with van der Waals surface area (Å²) in [4.78, 5) is 2.16. The predicted octanol–water partition coefficient (Wildman–Crippen LogP) is 2.78. The molecule has 0 unspecified atom stereocenters. The van der Waals surface area contributed by atoms with Crippen molar-refractivity contribution < 1.29 is 0 Å². The van der Waals surface area contributed by atoms with Crippen molar-refractivity contribution in [3.8, 4) is 0 Å². The van der Waals surface area contributed by atoms with Crippen LogP contribution < -0.4 is 0 Å². The molecule has 0 atom stereocenters. The first-order valence-electron chi connectivity index (χ1n) is 4.29. The summed E-state index contributed by atoms with van der Waals surface area (Å²) in [7, 11) is 4.14. The molecule has 0 fully saturated rings. The number of likely N-dealkylation sites (N-methyl/N-ethyl adjacent to an activating group) is 1. The van der Waals surface area contributed by atoms with E-state index in [-0.39, 0.29) is 0 Å². The number of nitrogens with zero attached hydrogens (tertiary/aromatic N) is 1. The zero-order valence-electron chi connectivity index (χ0n) is 8.02. The summed E-state index contributed by atoms with van der Waals surface area (Å²) in [6.45, 7) is 3.12. The second-order valence-corrected chi connectivity index (χ2v) is 4.09. The van der Waals surface area contributed by atoms with Gasteiger partial charge in [0.25, 0.3) is 0 Å². The minimum Gasteiger partial charge on any atom is -0.305 e. The van der Waals surface area contributed by atoms with E-state index in [2.05, 4.69) is 32.0 Å². The van der Waals surface area contributed by atoms with Gasteiger partial charge in [-0.15, -0.1) is 0 Å². The van der Waals surface area contributed by atoms with E-state index in [9.17, 15) is 0 Å². The van der Waals surface area contributed by atoms with Crippen LogP contribution in [0, 0.1) is 0 Å². The van der Waals surface area contributed by atoms with E-state index in [0.717, 1.165) is 18.0 Å². The van der Waals surface area contributed by atoms with Crippen molar-refractivity contribution in [1.82, 2.24) is 4.90 Å². The third kappa shape index (κ3) is 2.65. The number of hydrogen-bond donors (Lipinski definition) is 0. The fourth-order valence-electron chi connectivity index (χ4n) is 1.39. The second-order valence-electron chi connectivity index (χ2n) is 3.68. The van der Waals surface area contributed by atoms with Crippen LogP contribution in [0.2, 0.25) is 0 Å². The first-order chi connectivity index (χ1) is 5.59. The summed E-state index contributed by atoms with van der Waals surface area (Å²) in [6.07, 6.45) is 4.38. The molecule has 1 rings (SSSR count). The summed E-state index contributed by atoms with van der Waals surface area (Å²) in [5.41, 5.74) is 2.76. The molecule has 0 bridgehead atoms. The van der Waals surface area contributed by atoms with E-state index in [1.165, 1.54) is 17.6 Å². The molecular weight excluding hydrogens is 170 g/mol. The number of hydrogen-bond acceptors (Lipinski definition) is 1. The molecule has 0 saturated carbocycles. The highest BCUT2D eigenvalue weighted by molar-refractivity contribution is 6.31. The lowest BCUT2D eigenvalue weighted by atomic mass is 9.99. The second kappa shape index (κ2) is 4.11. The lowest BCUT2D eigenvalue weighted by Gasteiger charge is -2.18. The van der Waals surface area contributed by atoms with E-state index in [0.29, 0.717) is 0 Å². The van der Waals surface area contributed by atoms with Crippen LogP contribution in [0.4, 0.5) is 0 Å². The lowest BCUT2D eigenvalue weighted by molar-refractivity contribution is 0.438. The first kappa shape index (κ1) is 9.82. The van der Waals surface area contributed by atoms with Gasteiger partial charge in [0, 0.05) is 11.6 Å². The Balaban J connectivity index is 2.69. The Hall–Kier alpha value is -0.270. The quantitative estimate of drug-likeness (QED) is 0.640. The minimum absolute atomic E-state index is 0.951. The van der Waals surface area contributed by atoms with Gasteiger partial charge < -0.3 is 4.90 Å². The summed E-state index contributed by atoms with van der Waals surface area (Å²) in [5, 5.41) is 0.951. The molecule has 0 radical (unpaired) electrons. The molecule has 0 saturated heterocycles. The average Bonchev–Trinajstić information content (AvgIpc) is 1.94. The SMILES string of the molecule is CC1=CC(Cl)=C(CN(C)C)CC1.